The highest BCUT2D eigenvalue weighted by Gasteiger charge is 2.54. The van der Waals surface area contributed by atoms with Gasteiger partial charge in [-0.2, -0.15) is 22.0 Å². The van der Waals surface area contributed by atoms with Crippen LogP contribution in [-0.2, 0) is 4.74 Å². The molecular weight excluding hydrogens is 315 g/mol. The van der Waals surface area contributed by atoms with Crippen LogP contribution in [0.3, 0.4) is 0 Å². The van der Waals surface area contributed by atoms with E-state index in [0.29, 0.717) is 12.5 Å². The number of rotatable bonds is 4. The van der Waals surface area contributed by atoms with Gasteiger partial charge in [-0.1, -0.05) is 6.08 Å². The summed E-state index contributed by atoms with van der Waals surface area (Å²) < 4.78 is 71.4. The molecule has 5 nitrogen and oxygen atoms in total. The zero-order valence-electron chi connectivity index (χ0n) is 11.5. The van der Waals surface area contributed by atoms with Crippen LogP contribution in [-0.4, -0.2) is 42.3 Å². The van der Waals surface area contributed by atoms with Crippen molar-refractivity contribution < 1.29 is 36.2 Å². The van der Waals surface area contributed by atoms with Crippen molar-refractivity contribution >= 4 is 6.40 Å². The molecule has 0 bridgehead atoms. The van der Waals surface area contributed by atoms with E-state index in [4.69, 9.17) is 0 Å². The maximum absolute atomic E-state index is 13.8. The molecule has 1 aliphatic rings. The molecule has 22 heavy (non-hydrogen) atoms. The summed E-state index contributed by atoms with van der Waals surface area (Å²) in [6, 6.07) is 0. The molecular formula is C12H12F5N2O3+. The third kappa shape index (κ3) is 4.37. The highest BCUT2D eigenvalue weighted by molar-refractivity contribution is 5.44. The third-order valence-corrected chi connectivity index (χ3v) is 2.47. The summed E-state index contributed by atoms with van der Waals surface area (Å²) in [4.78, 5) is 9.62. The molecule has 0 aromatic heterocycles. The lowest BCUT2D eigenvalue weighted by molar-refractivity contribution is -0.472. The molecule has 0 atom stereocenters. The average Bonchev–Trinajstić information content (AvgIpc) is 2.35. The topological polar surface area (TPSA) is 55.4 Å². The summed E-state index contributed by atoms with van der Waals surface area (Å²) in [6.45, 7) is 0. The van der Waals surface area contributed by atoms with Crippen molar-refractivity contribution in [2.24, 2.45) is 0 Å². The van der Waals surface area contributed by atoms with E-state index >= 15 is 0 Å². The van der Waals surface area contributed by atoms with Crippen LogP contribution < -0.4 is 0 Å². The summed E-state index contributed by atoms with van der Waals surface area (Å²) in [5, 5.41) is 10.6. The summed E-state index contributed by atoms with van der Waals surface area (Å²) in [6.07, 6.45) is -7.77. The zero-order valence-corrected chi connectivity index (χ0v) is 11.5. The Kier molecular flexibility index (Phi) is 5.05. The SMILES string of the molecule is C[N+](C)=COC(F)(F)/C(=C1/C=C([N+](=O)[O-])C=CC1)C(F)(F)F. The van der Waals surface area contributed by atoms with Crippen molar-refractivity contribution in [2.75, 3.05) is 14.1 Å². The fourth-order valence-electron chi connectivity index (χ4n) is 1.64. The van der Waals surface area contributed by atoms with Gasteiger partial charge in [0.05, 0.1) is 4.92 Å². The number of halogens is 5. The van der Waals surface area contributed by atoms with Crippen molar-refractivity contribution in [3.8, 4) is 0 Å². The van der Waals surface area contributed by atoms with E-state index in [-0.39, 0.29) is 0 Å². The van der Waals surface area contributed by atoms with Crippen molar-refractivity contribution in [3.63, 3.8) is 0 Å². The first-order chi connectivity index (χ1) is 9.95. The molecule has 1 aliphatic carbocycles. The van der Waals surface area contributed by atoms with Gasteiger partial charge in [0.1, 0.15) is 19.7 Å². The van der Waals surface area contributed by atoms with Gasteiger partial charge in [-0.05, 0) is 12.0 Å². The van der Waals surface area contributed by atoms with Gasteiger partial charge in [-0.25, -0.2) is 4.58 Å². The summed E-state index contributed by atoms with van der Waals surface area (Å²) in [7, 11) is 2.56. The normalized spacial score (nSPS) is 17.7. The predicted molar refractivity (Wildman–Crippen MR) is 66.1 cm³/mol. The number of hydrogen-bond donors (Lipinski definition) is 0. The predicted octanol–water partition coefficient (Wildman–Crippen LogP) is 2.88. The number of ether oxygens (including phenoxy) is 1. The Morgan fingerprint density at radius 2 is 1.91 bits per heavy atom. The van der Waals surface area contributed by atoms with E-state index in [2.05, 4.69) is 4.74 Å². The van der Waals surface area contributed by atoms with Crippen LogP contribution in [0.25, 0.3) is 0 Å². The lowest BCUT2D eigenvalue weighted by Crippen LogP contribution is -2.35. The van der Waals surface area contributed by atoms with Crippen molar-refractivity contribution in [1.29, 1.82) is 0 Å². The molecule has 10 heteroatoms. The van der Waals surface area contributed by atoms with E-state index in [1.165, 1.54) is 14.1 Å². The summed E-state index contributed by atoms with van der Waals surface area (Å²) >= 11 is 0. The van der Waals surface area contributed by atoms with Gasteiger partial charge < -0.3 is 4.74 Å². The van der Waals surface area contributed by atoms with Crippen LogP contribution in [0.5, 0.6) is 0 Å². The third-order valence-electron chi connectivity index (χ3n) is 2.47. The lowest BCUT2D eigenvalue weighted by Gasteiger charge is -2.22. The maximum Gasteiger partial charge on any atom is 0.435 e. The molecule has 0 N–H and O–H groups in total. The molecule has 0 spiro atoms. The van der Waals surface area contributed by atoms with Gasteiger partial charge in [-0.15, -0.1) is 0 Å². The number of allylic oxidation sites excluding steroid dienone is 4. The Hall–Kier alpha value is -2.26. The zero-order chi connectivity index (χ0) is 17.1. The van der Waals surface area contributed by atoms with Crippen LogP contribution in [0.15, 0.2) is 35.1 Å². The number of alkyl halides is 5. The van der Waals surface area contributed by atoms with Gasteiger partial charge in [-0.3, -0.25) is 10.1 Å². The van der Waals surface area contributed by atoms with E-state index < -0.39 is 40.5 Å². The van der Waals surface area contributed by atoms with E-state index in [1.807, 2.05) is 0 Å². The largest absolute Gasteiger partial charge is 0.435 e. The van der Waals surface area contributed by atoms with Gasteiger partial charge in [0.15, 0.2) is 0 Å². The molecule has 0 saturated carbocycles. The lowest BCUT2D eigenvalue weighted by atomic mass is 9.98. The molecule has 0 aromatic carbocycles. The van der Waals surface area contributed by atoms with Gasteiger partial charge in [0.25, 0.3) is 5.70 Å². The Morgan fingerprint density at radius 1 is 1.32 bits per heavy atom. The Labute approximate surface area is 121 Å². The molecule has 0 heterocycles. The number of hydrogen-bond acceptors (Lipinski definition) is 3. The highest BCUT2D eigenvalue weighted by atomic mass is 19.4. The molecule has 122 valence electrons. The van der Waals surface area contributed by atoms with E-state index in [0.717, 1.165) is 16.7 Å². The number of nitrogens with zero attached hydrogens (tertiary/aromatic N) is 2. The van der Waals surface area contributed by atoms with Crippen LogP contribution >= 0.6 is 0 Å². The van der Waals surface area contributed by atoms with Crippen LogP contribution in [0, 0.1) is 10.1 Å². The van der Waals surface area contributed by atoms with Crippen LogP contribution in [0.4, 0.5) is 22.0 Å². The molecule has 0 radical (unpaired) electrons. The first-order valence-electron chi connectivity index (χ1n) is 5.84. The summed E-state index contributed by atoms with van der Waals surface area (Å²) in [5.74, 6) is 0. The molecule has 0 unspecified atom stereocenters. The molecule has 0 aromatic rings. The minimum atomic E-state index is -5.41. The van der Waals surface area contributed by atoms with Crippen molar-refractivity contribution in [1.82, 2.24) is 0 Å². The molecule has 1 rings (SSSR count). The van der Waals surface area contributed by atoms with Gasteiger partial charge in [0, 0.05) is 12.2 Å². The fraction of sp³-hybridized carbons (Fsp3) is 0.417. The second kappa shape index (κ2) is 6.24. The second-order valence-corrected chi connectivity index (χ2v) is 4.53. The van der Waals surface area contributed by atoms with Gasteiger partial charge in [0.2, 0.25) is 0 Å². The minimum Gasteiger partial charge on any atom is -0.381 e. The van der Waals surface area contributed by atoms with Crippen LogP contribution in [0.2, 0.25) is 0 Å². The standard InChI is InChI=1S/C12H12F5N2O3/c1-18(2)7-22-12(16,17)10(11(13,14)15)8-4-3-5-9(6-8)19(20)21/h3,5-7H,4H2,1-2H3/q+1/b10-8+. The molecule has 0 aliphatic heterocycles. The smallest absolute Gasteiger partial charge is 0.381 e. The first kappa shape index (κ1) is 17.8. The molecule has 0 saturated heterocycles. The van der Waals surface area contributed by atoms with Crippen molar-refractivity contribution in [3.05, 3.63) is 45.2 Å². The highest BCUT2D eigenvalue weighted by Crippen LogP contribution is 2.42. The Bertz CT molecular complexity index is 584. The van der Waals surface area contributed by atoms with E-state index in [9.17, 15) is 32.1 Å². The summed E-state index contributed by atoms with van der Waals surface area (Å²) in [5.41, 5.74) is -3.89. The first-order valence-corrected chi connectivity index (χ1v) is 5.84. The maximum atomic E-state index is 13.8. The Balaban J connectivity index is 3.42. The van der Waals surface area contributed by atoms with E-state index in [1.54, 1.807) is 0 Å². The quantitative estimate of drug-likeness (QED) is 0.199. The Morgan fingerprint density at radius 3 is 2.36 bits per heavy atom. The minimum absolute atomic E-state index is 0.420. The average molecular weight is 327 g/mol. The second-order valence-electron chi connectivity index (χ2n) is 4.53. The monoisotopic (exact) mass is 327 g/mol. The fourth-order valence-corrected chi connectivity index (χ4v) is 1.64. The molecule has 0 fully saturated rings. The van der Waals surface area contributed by atoms with Crippen molar-refractivity contribution in [2.45, 2.75) is 18.7 Å². The van der Waals surface area contributed by atoms with Crippen LogP contribution in [0.1, 0.15) is 6.42 Å². The van der Waals surface area contributed by atoms with Gasteiger partial charge >= 0.3 is 18.7 Å². The number of nitro groups is 1. The molecule has 0 amide bonds.